The van der Waals surface area contributed by atoms with Crippen molar-refractivity contribution < 1.29 is 17.9 Å². The predicted molar refractivity (Wildman–Crippen MR) is 73.3 cm³/mol. The van der Waals surface area contributed by atoms with Gasteiger partial charge in [-0.05, 0) is 24.4 Å². The van der Waals surface area contributed by atoms with Crippen LogP contribution in [0.5, 0.6) is 5.75 Å². The van der Waals surface area contributed by atoms with Gasteiger partial charge in [-0.25, -0.2) is 13.2 Å². The van der Waals surface area contributed by atoms with E-state index in [0.29, 0.717) is 4.31 Å². The summed E-state index contributed by atoms with van der Waals surface area (Å²) in [5, 5.41) is 2.08. The van der Waals surface area contributed by atoms with Crippen LogP contribution in [0.1, 0.15) is 0 Å². The fraction of sp³-hybridized carbons (Fsp3) is 0.200. The summed E-state index contributed by atoms with van der Waals surface area (Å²) < 4.78 is 30.0. The molecule has 0 aliphatic rings. The highest BCUT2D eigenvalue weighted by Crippen LogP contribution is 2.26. The van der Waals surface area contributed by atoms with Crippen molar-refractivity contribution in [3.63, 3.8) is 0 Å². The summed E-state index contributed by atoms with van der Waals surface area (Å²) in [6.45, 7) is 0. The molecule has 0 saturated carbocycles. The largest absolute Gasteiger partial charge is 0.495 e. The van der Waals surface area contributed by atoms with Crippen molar-refractivity contribution in [2.24, 2.45) is 5.73 Å². The third-order valence-corrected chi connectivity index (χ3v) is 4.42. The Bertz CT molecular complexity index is 601. The van der Waals surface area contributed by atoms with Gasteiger partial charge < -0.3 is 15.8 Å². The average Bonchev–Trinajstić information content (AvgIpc) is 2.37. The van der Waals surface area contributed by atoms with Crippen molar-refractivity contribution in [3.05, 3.63) is 24.3 Å². The number of para-hydroxylation sites is 1. The van der Waals surface area contributed by atoms with E-state index in [1.54, 1.807) is 6.07 Å². The van der Waals surface area contributed by atoms with Crippen molar-refractivity contribution >= 4 is 33.4 Å². The molecule has 9 heteroatoms. The minimum atomic E-state index is -4.22. The first-order valence-corrected chi connectivity index (χ1v) is 6.90. The first-order valence-electron chi connectivity index (χ1n) is 5.05. The molecule has 0 aromatic heterocycles. The number of sulfonamides is 1. The Balaban J connectivity index is 3.44. The van der Waals surface area contributed by atoms with Gasteiger partial charge in [-0.1, -0.05) is 12.1 Å². The highest BCUT2D eigenvalue weighted by Gasteiger charge is 2.33. The molecule has 0 fully saturated rings. The molecule has 0 aliphatic heterocycles. The second kappa shape index (κ2) is 5.85. The van der Waals surface area contributed by atoms with Gasteiger partial charge in [-0.15, -0.1) is 0 Å². The Labute approximate surface area is 116 Å². The molecule has 3 N–H and O–H groups in total. The minimum Gasteiger partial charge on any atom is -0.495 e. The van der Waals surface area contributed by atoms with E-state index in [1.807, 2.05) is 0 Å². The molecule has 104 valence electrons. The number of amides is 2. The molecule has 2 amide bonds. The number of ether oxygens (including phenoxy) is 1. The Morgan fingerprint density at radius 1 is 1.42 bits per heavy atom. The Morgan fingerprint density at radius 3 is 2.47 bits per heavy atom. The Hall–Kier alpha value is -1.87. The van der Waals surface area contributed by atoms with Gasteiger partial charge in [0.25, 0.3) is 10.0 Å². The lowest BCUT2D eigenvalue weighted by Gasteiger charge is -2.21. The Kier molecular flexibility index (Phi) is 4.67. The molecule has 7 nitrogen and oxygen atoms in total. The topological polar surface area (TPSA) is 102 Å². The number of carbonyl (C=O) groups is 1. The normalized spacial score (nSPS) is 10.6. The van der Waals surface area contributed by atoms with E-state index in [2.05, 4.69) is 5.32 Å². The van der Waals surface area contributed by atoms with Crippen LogP contribution in [-0.4, -0.2) is 38.0 Å². The van der Waals surface area contributed by atoms with Crippen LogP contribution in [0.15, 0.2) is 29.2 Å². The third kappa shape index (κ3) is 2.93. The average molecular weight is 303 g/mol. The van der Waals surface area contributed by atoms with Gasteiger partial charge in [0.1, 0.15) is 10.6 Å². The number of primary amides is 1. The van der Waals surface area contributed by atoms with E-state index < -0.39 is 16.1 Å². The lowest BCUT2D eigenvalue weighted by molar-refractivity contribution is 0.242. The number of thiocarbonyl (C=S) groups is 1. The van der Waals surface area contributed by atoms with E-state index in [0.717, 1.165) is 0 Å². The fourth-order valence-corrected chi connectivity index (χ4v) is 3.14. The molecule has 19 heavy (non-hydrogen) atoms. The van der Waals surface area contributed by atoms with Crippen LogP contribution >= 0.6 is 12.2 Å². The lowest BCUT2D eigenvalue weighted by Crippen LogP contribution is -2.48. The van der Waals surface area contributed by atoms with E-state index >= 15 is 0 Å². The maximum absolute atomic E-state index is 12.4. The summed E-state index contributed by atoms with van der Waals surface area (Å²) in [5.41, 5.74) is 5.07. The number of carbonyl (C=O) groups excluding carboxylic acids is 1. The monoisotopic (exact) mass is 303 g/mol. The van der Waals surface area contributed by atoms with Crippen molar-refractivity contribution in [1.29, 1.82) is 0 Å². The molecule has 0 saturated heterocycles. The van der Waals surface area contributed by atoms with Crippen LogP contribution in [0.25, 0.3) is 0 Å². The zero-order chi connectivity index (χ0) is 14.6. The molecular weight excluding hydrogens is 290 g/mol. The van der Waals surface area contributed by atoms with Crippen molar-refractivity contribution in [1.82, 2.24) is 9.62 Å². The van der Waals surface area contributed by atoms with Gasteiger partial charge in [0.05, 0.1) is 7.11 Å². The standard InChI is InChI=1S/C10H13N3O4S2/c1-12-10(18)13(9(11)14)19(15,16)8-6-4-3-5-7(8)17-2/h3-6H,1-2H3,(H2,11,14)(H,12,18). The van der Waals surface area contributed by atoms with Gasteiger partial charge in [0.2, 0.25) is 0 Å². The number of nitrogens with one attached hydrogen (secondary N) is 1. The number of hydrogen-bond donors (Lipinski definition) is 2. The summed E-state index contributed by atoms with van der Waals surface area (Å²) in [4.78, 5) is 11.1. The molecule has 0 radical (unpaired) electrons. The predicted octanol–water partition coefficient (Wildman–Crippen LogP) is 0.269. The summed E-state index contributed by atoms with van der Waals surface area (Å²) in [6.07, 6.45) is 0. The number of benzene rings is 1. The molecule has 0 spiro atoms. The van der Waals surface area contributed by atoms with Gasteiger partial charge in [0.15, 0.2) is 5.11 Å². The van der Waals surface area contributed by atoms with Crippen molar-refractivity contribution in [3.8, 4) is 5.75 Å². The van der Waals surface area contributed by atoms with Crippen LogP contribution in [0.4, 0.5) is 4.79 Å². The van der Waals surface area contributed by atoms with Crippen LogP contribution in [0.3, 0.4) is 0 Å². The summed E-state index contributed by atoms with van der Waals surface area (Å²) in [7, 11) is -1.52. The van der Waals surface area contributed by atoms with Crippen LogP contribution in [-0.2, 0) is 10.0 Å². The molecular formula is C10H13N3O4S2. The quantitative estimate of drug-likeness (QED) is 0.777. The highest BCUT2D eigenvalue weighted by atomic mass is 32.2. The smallest absolute Gasteiger partial charge is 0.335 e. The number of hydrogen-bond acceptors (Lipinski definition) is 5. The molecule has 0 bridgehead atoms. The maximum Gasteiger partial charge on any atom is 0.335 e. The summed E-state index contributed by atoms with van der Waals surface area (Å²) in [5.74, 6) is 0.0904. The fourth-order valence-electron chi connectivity index (χ4n) is 1.36. The van der Waals surface area contributed by atoms with Crippen molar-refractivity contribution in [2.45, 2.75) is 4.90 Å². The second-order valence-electron chi connectivity index (χ2n) is 3.31. The van der Waals surface area contributed by atoms with Crippen LogP contribution in [0.2, 0.25) is 0 Å². The number of urea groups is 1. The van der Waals surface area contributed by atoms with E-state index in [9.17, 15) is 13.2 Å². The Morgan fingerprint density at radius 2 is 2.00 bits per heavy atom. The third-order valence-electron chi connectivity index (χ3n) is 2.19. The van der Waals surface area contributed by atoms with Gasteiger partial charge >= 0.3 is 6.03 Å². The van der Waals surface area contributed by atoms with E-state index in [1.165, 1.54) is 32.4 Å². The van der Waals surface area contributed by atoms with Gasteiger partial charge in [-0.2, -0.15) is 4.31 Å². The molecule has 0 atom stereocenters. The zero-order valence-corrected chi connectivity index (χ0v) is 11.9. The molecule has 1 aromatic carbocycles. The first kappa shape index (κ1) is 15.2. The molecule has 0 aliphatic carbocycles. The van der Waals surface area contributed by atoms with E-state index in [-0.39, 0.29) is 15.8 Å². The van der Waals surface area contributed by atoms with Gasteiger partial charge in [0, 0.05) is 7.05 Å². The van der Waals surface area contributed by atoms with Crippen LogP contribution < -0.4 is 15.8 Å². The highest BCUT2D eigenvalue weighted by molar-refractivity contribution is 7.92. The van der Waals surface area contributed by atoms with Crippen LogP contribution in [0, 0.1) is 0 Å². The minimum absolute atomic E-state index is 0.0904. The first-order chi connectivity index (χ1) is 8.86. The molecule has 1 aromatic rings. The van der Waals surface area contributed by atoms with Crippen molar-refractivity contribution in [2.75, 3.05) is 14.2 Å². The summed E-state index contributed by atoms with van der Waals surface area (Å²) in [6, 6.07) is 4.64. The number of nitrogens with two attached hydrogens (primary N) is 1. The maximum atomic E-state index is 12.4. The second-order valence-corrected chi connectivity index (χ2v) is 5.46. The van der Waals surface area contributed by atoms with E-state index in [4.69, 9.17) is 22.7 Å². The SMILES string of the molecule is CNC(=S)N(C(N)=O)S(=O)(=O)c1ccccc1OC. The number of rotatable bonds is 3. The summed E-state index contributed by atoms with van der Waals surface area (Å²) >= 11 is 4.77. The number of methoxy groups -OCH3 is 1. The molecule has 0 heterocycles. The molecule has 0 unspecified atom stereocenters. The molecule has 1 rings (SSSR count). The lowest BCUT2D eigenvalue weighted by atomic mass is 10.3. The zero-order valence-electron chi connectivity index (χ0n) is 10.3. The number of nitrogens with zero attached hydrogens (tertiary/aromatic N) is 1. The van der Waals surface area contributed by atoms with Gasteiger partial charge in [-0.3, -0.25) is 0 Å².